The van der Waals surface area contributed by atoms with Crippen LogP contribution in [0.15, 0.2) is 0 Å². The Hall–Kier alpha value is -1.12. The van der Waals surface area contributed by atoms with E-state index in [0.717, 1.165) is 0 Å². The van der Waals surface area contributed by atoms with Crippen LogP contribution in [0, 0.1) is 11.3 Å². The average Bonchev–Trinajstić information content (AvgIpc) is 1.99. The van der Waals surface area contributed by atoms with Gasteiger partial charge in [-0.05, 0) is 13.8 Å². The van der Waals surface area contributed by atoms with Crippen LogP contribution in [0.3, 0.4) is 0 Å². The van der Waals surface area contributed by atoms with E-state index in [1.807, 2.05) is 6.07 Å². The summed E-state index contributed by atoms with van der Waals surface area (Å²) in [6, 6.07) is 2.03. The van der Waals surface area contributed by atoms with E-state index in [1.165, 1.54) is 6.92 Å². The normalized spacial score (nSPS) is 29.2. The molecule has 2 atom stereocenters. The highest BCUT2D eigenvalue weighted by Gasteiger charge is 2.36. The molecule has 0 bridgehead atoms. The zero-order valence-electron chi connectivity index (χ0n) is 9.15. The van der Waals surface area contributed by atoms with Gasteiger partial charge in [-0.3, -0.25) is 4.79 Å². The van der Waals surface area contributed by atoms with Crippen LogP contribution in [-0.4, -0.2) is 24.2 Å². The maximum Gasteiger partial charge on any atom is 0.304 e. The smallest absolute Gasteiger partial charge is 0.304 e. The molecule has 0 aromatic heterocycles. The topological polar surface area (TPSA) is 68.6 Å². The van der Waals surface area contributed by atoms with Crippen molar-refractivity contribution in [2.75, 3.05) is 0 Å². The molecule has 0 saturated carbocycles. The molecule has 0 aliphatic carbocycles. The van der Waals surface area contributed by atoms with Gasteiger partial charge in [-0.2, -0.15) is 5.26 Å². The van der Waals surface area contributed by atoms with Crippen LogP contribution in [0.4, 0.5) is 0 Å². The first kappa shape index (κ1) is 12.0. The van der Waals surface area contributed by atoms with Crippen LogP contribution >= 0.6 is 0 Å². The third kappa shape index (κ3) is 3.86. The summed E-state index contributed by atoms with van der Waals surface area (Å²) in [7, 11) is 0. The largest absolute Gasteiger partial charge is 0.436 e. The summed E-state index contributed by atoms with van der Waals surface area (Å²) < 4.78 is 15.8. The monoisotopic (exact) mass is 213 g/mol. The number of nitrogens with zero attached hydrogens (tertiary/aromatic N) is 1. The van der Waals surface area contributed by atoms with Crippen molar-refractivity contribution >= 4 is 5.97 Å². The zero-order chi connectivity index (χ0) is 11.5. The molecule has 0 aromatic rings. The van der Waals surface area contributed by atoms with Gasteiger partial charge in [0.15, 0.2) is 5.79 Å². The van der Waals surface area contributed by atoms with Crippen LogP contribution in [-0.2, 0) is 19.0 Å². The van der Waals surface area contributed by atoms with Gasteiger partial charge in [0.1, 0.15) is 0 Å². The van der Waals surface area contributed by atoms with Crippen molar-refractivity contribution in [3.05, 3.63) is 0 Å². The molecule has 1 saturated heterocycles. The Labute approximate surface area is 88.9 Å². The summed E-state index contributed by atoms with van der Waals surface area (Å²) in [6.07, 6.45) is -0.200. The van der Waals surface area contributed by atoms with Gasteiger partial charge < -0.3 is 14.2 Å². The lowest BCUT2D eigenvalue weighted by Gasteiger charge is -2.39. The predicted molar refractivity (Wildman–Crippen MR) is 50.4 cm³/mol. The Kier molecular flexibility index (Phi) is 3.66. The van der Waals surface area contributed by atoms with Gasteiger partial charge in [0, 0.05) is 13.3 Å². The molecule has 0 spiro atoms. The Morgan fingerprint density at radius 2 is 2.27 bits per heavy atom. The highest BCUT2D eigenvalue weighted by molar-refractivity contribution is 5.66. The standard InChI is InChI=1S/C10H15NO4/c1-7(12)13-9-6-8(4-5-11)14-10(2,3)15-9/h8-9H,4,6H2,1-3H3/t8?,9-/m0/s1. The molecule has 84 valence electrons. The maximum absolute atomic E-state index is 10.8. The van der Waals surface area contributed by atoms with Crippen LogP contribution < -0.4 is 0 Å². The van der Waals surface area contributed by atoms with E-state index in [1.54, 1.807) is 13.8 Å². The molecule has 0 amide bonds. The van der Waals surface area contributed by atoms with Crippen LogP contribution in [0.5, 0.6) is 0 Å². The molecule has 1 heterocycles. The second-order valence-corrected chi connectivity index (χ2v) is 3.89. The van der Waals surface area contributed by atoms with E-state index in [9.17, 15) is 4.79 Å². The number of rotatable bonds is 2. The van der Waals surface area contributed by atoms with Gasteiger partial charge in [-0.15, -0.1) is 0 Å². The number of hydrogen-bond acceptors (Lipinski definition) is 5. The van der Waals surface area contributed by atoms with Crippen LogP contribution in [0.25, 0.3) is 0 Å². The van der Waals surface area contributed by atoms with Crippen molar-refractivity contribution in [1.29, 1.82) is 5.26 Å². The Morgan fingerprint density at radius 3 is 2.80 bits per heavy atom. The lowest BCUT2D eigenvalue weighted by molar-refractivity contribution is -0.341. The quantitative estimate of drug-likeness (QED) is 0.647. The Morgan fingerprint density at radius 1 is 1.60 bits per heavy atom. The summed E-state index contributed by atoms with van der Waals surface area (Å²) in [6.45, 7) is 4.78. The minimum Gasteiger partial charge on any atom is -0.436 e. The highest BCUT2D eigenvalue weighted by Crippen LogP contribution is 2.28. The molecule has 1 aliphatic rings. The highest BCUT2D eigenvalue weighted by atomic mass is 16.8. The summed E-state index contributed by atoms with van der Waals surface area (Å²) in [5.74, 6) is -1.21. The van der Waals surface area contributed by atoms with E-state index < -0.39 is 18.0 Å². The summed E-state index contributed by atoms with van der Waals surface area (Å²) in [4.78, 5) is 10.8. The molecule has 5 nitrogen and oxygen atoms in total. The Bertz CT molecular complexity index is 282. The molecule has 1 fully saturated rings. The molecule has 1 unspecified atom stereocenters. The minimum absolute atomic E-state index is 0.247. The summed E-state index contributed by atoms with van der Waals surface area (Å²) >= 11 is 0. The first-order valence-electron chi connectivity index (χ1n) is 4.83. The van der Waals surface area contributed by atoms with Crippen molar-refractivity contribution in [2.24, 2.45) is 0 Å². The lowest BCUT2D eigenvalue weighted by Crippen LogP contribution is -2.45. The van der Waals surface area contributed by atoms with E-state index in [2.05, 4.69) is 0 Å². The van der Waals surface area contributed by atoms with Crippen LogP contribution in [0.2, 0.25) is 0 Å². The third-order valence-corrected chi connectivity index (χ3v) is 1.94. The van der Waals surface area contributed by atoms with Crippen molar-refractivity contribution < 1.29 is 19.0 Å². The van der Waals surface area contributed by atoms with Crippen molar-refractivity contribution in [3.63, 3.8) is 0 Å². The molecule has 0 N–H and O–H groups in total. The van der Waals surface area contributed by atoms with E-state index >= 15 is 0 Å². The first-order chi connectivity index (χ1) is 6.93. The molecule has 0 aromatic carbocycles. The van der Waals surface area contributed by atoms with Gasteiger partial charge in [0.25, 0.3) is 0 Å². The third-order valence-electron chi connectivity index (χ3n) is 1.94. The molecule has 15 heavy (non-hydrogen) atoms. The van der Waals surface area contributed by atoms with Crippen molar-refractivity contribution in [1.82, 2.24) is 0 Å². The van der Waals surface area contributed by atoms with Crippen molar-refractivity contribution in [3.8, 4) is 6.07 Å². The van der Waals surface area contributed by atoms with Gasteiger partial charge >= 0.3 is 5.97 Å². The van der Waals surface area contributed by atoms with Gasteiger partial charge in [-0.1, -0.05) is 0 Å². The molecular weight excluding hydrogens is 198 g/mol. The van der Waals surface area contributed by atoms with E-state index in [0.29, 0.717) is 6.42 Å². The summed E-state index contributed by atoms with van der Waals surface area (Å²) in [5, 5.41) is 8.58. The second kappa shape index (κ2) is 4.60. The number of carbonyl (C=O) groups excluding carboxylic acids is 1. The minimum atomic E-state index is -0.820. The maximum atomic E-state index is 10.8. The number of ether oxygens (including phenoxy) is 3. The fourth-order valence-electron chi connectivity index (χ4n) is 1.54. The summed E-state index contributed by atoms with van der Waals surface area (Å²) in [5.41, 5.74) is 0. The van der Waals surface area contributed by atoms with Crippen LogP contribution in [0.1, 0.15) is 33.6 Å². The van der Waals surface area contributed by atoms with Crippen molar-refractivity contribution in [2.45, 2.75) is 51.8 Å². The fourth-order valence-corrected chi connectivity index (χ4v) is 1.54. The zero-order valence-corrected chi connectivity index (χ0v) is 9.15. The second-order valence-electron chi connectivity index (χ2n) is 3.89. The average molecular weight is 213 g/mol. The van der Waals surface area contributed by atoms with Gasteiger partial charge in [-0.25, -0.2) is 0 Å². The Balaban J connectivity index is 2.60. The number of carbonyl (C=O) groups is 1. The number of hydrogen-bond donors (Lipinski definition) is 0. The molecule has 0 radical (unpaired) electrons. The van der Waals surface area contributed by atoms with Gasteiger partial charge in [0.2, 0.25) is 6.29 Å². The van der Waals surface area contributed by atoms with Gasteiger partial charge in [0.05, 0.1) is 18.6 Å². The molecule has 1 aliphatic heterocycles. The molecular formula is C10H15NO4. The predicted octanol–water partition coefficient (Wildman–Crippen LogP) is 1.33. The number of esters is 1. The fraction of sp³-hybridized carbons (Fsp3) is 0.800. The van der Waals surface area contributed by atoms with E-state index in [-0.39, 0.29) is 12.5 Å². The number of nitriles is 1. The van der Waals surface area contributed by atoms with E-state index in [4.69, 9.17) is 19.5 Å². The molecule has 1 rings (SSSR count). The first-order valence-corrected chi connectivity index (χ1v) is 4.83. The lowest BCUT2D eigenvalue weighted by atomic mass is 10.1. The SMILES string of the molecule is CC(=O)O[C@@H]1CC(CC#N)OC(C)(C)O1. The molecule has 5 heteroatoms.